The van der Waals surface area contributed by atoms with Gasteiger partial charge in [0.15, 0.2) is 17.7 Å². The molecule has 0 spiro atoms. The van der Waals surface area contributed by atoms with Crippen molar-refractivity contribution in [2.45, 2.75) is 0 Å². The zero-order valence-electron chi connectivity index (χ0n) is 9.83. The molecule has 0 saturated heterocycles. The van der Waals surface area contributed by atoms with Crippen molar-refractivity contribution in [3.05, 3.63) is 70.9 Å². The first-order chi connectivity index (χ1) is 9.28. The molecule has 0 bridgehead atoms. The van der Waals surface area contributed by atoms with Gasteiger partial charge < -0.3 is 4.74 Å². The maximum absolute atomic E-state index is 10.9. The summed E-state index contributed by atoms with van der Waals surface area (Å²) in [7, 11) is 0. The molecule has 0 radical (unpaired) electrons. The molecule has 0 atom stereocenters. The number of nitrogens with zero attached hydrogens (tertiary/aromatic N) is 2. The molecule has 0 N–H and O–H groups in total. The van der Waals surface area contributed by atoms with Crippen LogP contribution < -0.4 is 4.74 Å². The van der Waals surface area contributed by atoms with Crippen LogP contribution in [0.4, 0.5) is 11.4 Å². The monoisotopic (exact) mass is 248 g/mol. The second kappa shape index (κ2) is 5.48. The summed E-state index contributed by atoms with van der Waals surface area (Å²) in [4.78, 5) is 17.4. The maximum atomic E-state index is 10.9. The molecule has 2 rings (SSSR count). The Morgan fingerprint density at radius 2 is 1.74 bits per heavy atom. The van der Waals surface area contributed by atoms with Crippen LogP contribution in [-0.2, 0) is 0 Å². The summed E-state index contributed by atoms with van der Waals surface area (Å²) in [5, 5.41) is 0. The van der Waals surface area contributed by atoms with E-state index in [2.05, 4.69) is 9.69 Å². The number of hydrogen-bond acceptors (Lipinski definition) is 2. The number of carbonyl (C=O) groups is 1. The van der Waals surface area contributed by atoms with Crippen LogP contribution in [0.5, 0.6) is 11.5 Å². The van der Waals surface area contributed by atoms with Crippen LogP contribution in [0.1, 0.15) is 10.4 Å². The molecule has 0 heterocycles. The summed E-state index contributed by atoms with van der Waals surface area (Å²) < 4.78 is 5.56. The van der Waals surface area contributed by atoms with Crippen LogP contribution in [-0.4, -0.2) is 6.29 Å². The highest BCUT2D eigenvalue weighted by molar-refractivity contribution is 5.79. The van der Waals surface area contributed by atoms with Crippen LogP contribution in [0.25, 0.3) is 9.69 Å². The molecule has 0 unspecified atom stereocenters. The van der Waals surface area contributed by atoms with Gasteiger partial charge in [0.2, 0.25) is 0 Å². The Morgan fingerprint density at radius 3 is 2.42 bits per heavy atom. The largest absolute Gasteiger partial charge is 0.458 e. The van der Waals surface area contributed by atoms with Crippen LogP contribution in [0, 0.1) is 13.1 Å². The van der Waals surface area contributed by atoms with Gasteiger partial charge >= 0.3 is 0 Å². The number of ether oxygens (including phenoxy) is 1. The van der Waals surface area contributed by atoms with E-state index >= 15 is 0 Å². The second-order valence-electron chi connectivity index (χ2n) is 3.63. The molecule has 0 amide bonds. The second-order valence-corrected chi connectivity index (χ2v) is 3.63. The van der Waals surface area contributed by atoms with Gasteiger partial charge in [-0.1, -0.05) is 18.2 Å². The van der Waals surface area contributed by atoms with E-state index in [0.29, 0.717) is 23.3 Å². The average molecular weight is 248 g/mol. The third kappa shape index (κ3) is 2.59. The zero-order chi connectivity index (χ0) is 13.7. The maximum Gasteiger partial charge on any atom is 0.198 e. The third-order valence-electron chi connectivity index (χ3n) is 2.46. The Kier molecular flexibility index (Phi) is 3.56. The van der Waals surface area contributed by atoms with Crippen molar-refractivity contribution < 1.29 is 9.53 Å². The van der Waals surface area contributed by atoms with Crippen molar-refractivity contribution in [2.75, 3.05) is 0 Å². The number of rotatable bonds is 3. The van der Waals surface area contributed by atoms with Crippen molar-refractivity contribution >= 4 is 17.7 Å². The SMILES string of the molecule is [C-]#[N+]c1ccc(Oc2ccccc2C=O)cc1[N+]#[C-]. The van der Waals surface area contributed by atoms with Crippen molar-refractivity contribution in [1.29, 1.82) is 0 Å². The van der Waals surface area contributed by atoms with E-state index in [1.165, 1.54) is 12.1 Å². The van der Waals surface area contributed by atoms with E-state index in [1.54, 1.807) is 30.3 Å². The molecule has 0 fully saturated rings. The van der Waals surface area contributed by atoms with Gasteiger partial charge in [-0.15, -0.1) is 0 Å². The van der Waals surface area contributed by atoms with Gasteiger partial charge in [0.25, 0.3) is 0 Å². The molecule has 4 nitrogen and oxygen atoms in total. The zero-order valence-corrected chi connectivity index (χ0v) is 9.83. The van der Waals surface area contributed by atoms with Crippen LogP contribution in [0.15, 0.2) is 42.5 Å². The van der Waals surface area contributed by atoms with E-state index in [9.17, 15) is 4.79 Å². The summed E-state index contributed by atoms with van der Waals surface area (Å²) >= 11 is 0. The minimum Gasteiger partial charge on any atom is -0.458 e. The minimum atomic E-state index is 0.232. The summed E-state index contributed by atoms with van der Waals surface area (Å²) in [5.41, 5.74) is 0.947. The molecular formula is C15H8N2O2. The fourth-order valence-corrected chi connectivity index (χ4v) is 1.55. The topological polar surface area (TPSA) is 35.0 Å². The Hall–Kier alpha value is -3.11. The summed E-state index contributed by atoms with van der Waals surface area (Å²) in [5.74, 6) is 0.844. The van der Waals surface area contributed by atoms with Gasteiger partial charge in [0.05, 0.1) is 18.7 Å². The van der Waals surface area contributed by atoms with Gasteiger partial charge in [-0.2, -0.15) is 0 Å². The standard InChI is InChI=1S/C15H8N2O2/c1-16-13-8-7-12(9-14(13)17-2)19-15-6-4-3-5-11(15)10-18/h3-10H. The van der Waals surface area contributed by atoms with Crippen LogP contribution in [0.2, 0.25) is 0 Å². The highest BCUT2D eigenvalue weighted by atomic mass is 16.5. The molecule has 0 aromatic heterocycles. The van der Waals surface area contributed by atoms with E-state index in [-0.39, 0.29) is 11.4 Å². The molecule has 19 heavy (non-hydrogen) atoms. The van der Waals surface area contributed by atoms with Crippen molar-refractivity contribution in [3.8, 4) is 11.5 Å². The first kappa shape index (κ1) is 12.3. The van der Waals surface area contributed by atoms with Crippen LogP contribution >= 0.6 is 0 Å². The number of benzene rings is 2. The van der Waals surface area contributed by atoms with Crippen molar-refractivity contribution in [1.82, 2.24) is 0 Å². The Balaban J connectivity index is 2.37. The number of carbonyl (C=O) groups excluding carboxylic acids is 1. The number of para-hydroxylation sites is 1. The minimum absolute atomic E-state index is 0.232. The smallest absolute Gasteiger partial charge is 0.198 e. The molecule has 0 aliphatic rings. The number of aldehydes is 1. The number of hydrogen-bond donors (Lipinski definition) is 0. The molecule has 4 heteroatoms. The van der Waals surface area contributed by atoms with E-state index in [0.717, 1.165) is 0 Å². The van der Waals surface area contributed by atoms with Crippen molar-refractivity contribution in [2.24, 2.45) is 0 Å². The third-order valence-corrected chi connectivity index (χ3v) is 2.46. The molecule has 0 saturated carbocycles. The lowest BCUT2D eigenvalue weighted by atomic mass is 10.2. The quantitative estimate of drug-likeness (QED) is 0.596. The molecule has 0 aliphatic carbocycles. The molecule has 0 aliphatic heterocycles. The van der Waals surface area contributed by atoms with Crippen LogP contribution in [0.3, 0.4) is 0 Å². The molecule has 90 valence electrons. The van der Waals surface area contributed by atoms with Gasteiger partial charge in [0, 0.05) is 0 Å². The Labute approximate surface area is 110 Å². The lowest BCUT2D eigenvalue weighted by molar-refractivity contribution is 0.112. The summed E-state index contributed by atoms with van der Waals surface area (Å²) in [6.45, 7) is 14.0. The first-order valence-electron chi connectivity index (χ1n) is 5.39. The molecular weight excluding hydrogens is 240 g/mol. The van der Waals surface area contributed by atoms with Gasteiger partial charge in [0.1, 0.15) is 11.5 Å². The predicted molar refractivity (Wildman–Crippen MR) is 70.9 cm³/mol. The summed E-state index contributed by atoms with van der Waals surface area (Å²) in [6, 6.07) is 11.4. The van der Waals surface area contributed by atoms with Crippen molar-refractivity contribution in [3.63, 3.8) is 0 Å². The highest BCUT2D eigenvalue weighted by Crippen LogP contribution is 2.34. The first-order valence-corrected chi connectivity index (χ1v) is 5.39. The normalized spacial score (nSPS) is 9.16. The molecule has 2 aromatic rings. The lowest BCUT2D eigenvalue weighted by Gasteiger charge is -2.08. The fraction of sp³-hybridized carbons (Fsp3) is 0. The lowest BCUT2D eigenvalue weighted by Crippen LogP contribution is -1.89. The average Bonchev–Trinajstić information content (AvgIpc) is 2.47. The Morgan fingerprint density at radius 1 is 1.00 bits per heavy atom. The highest BCUT2D eigenvalue weighted by Gasteiger charge is 2.07. The van der Waals surface area contributed by atoms with E-state index in [1.807, 2.05) is 0 Å². The fourth-order valence-electron chi connectivity index (χ4n) is 1.55. The molecule has 2 aromatic carbocycles. The predicted octanol–water partition coefficient (Wildman–Crippen LogP) is 4.39. The van der Waals surface area contributed by atoms with E-state index < -0.39 is 0 Å². The summed E-state index contributed by atoms with van der Waals surface area (Å²) in [6.07, 6.45) is 0.707. The van der Waals surface area contributed by atoms with Gasteiger partial charge in [-0.25, -0.2) is 4.85 Å². The van der Waals surface area contributed by atoms with E-state index in [4.69, 9.17) is 17.9 Å². The van der Waals surface area contributed by atoms with Gasteiger partial charge in [-0.3, -0.25) is 9.64 Å². The van der Waals surface area contributed by atoms with Gasteiger partial charge in [-0.05, 0) is 24.3 Å². The Bertz CT molecular complexity index is 709.